The first-order valence-corrected chi connectivity index (χ1v) is 6.20. The van der Waals surface area contributed by atoms with Crippen LogP contribution in [-0.2, 0) is 6.54 Å². The van der Waals surface area contributed by atoms with Crippen molar-refractivity contribution < 1.29 is 0 Å². The molecule has 3 nitrogen and oxygen atoms in total. The Morgan fingerprint density at radius 2 is 2.38 bits per heavy atom. The van der Waals surface area contributed by atoms with E-state index in [2.05, 4.69) is 20.6 Å². The Kier molecular flexibility index (Phi) is 2.32. The second-order valence-corrected chi connectivity index (χ2v) is 5.11. The molecule has 16 heavy (non-hydrogen) atoms. The van der Waals surface area contributed by atoms with E-state index in [0.717, 1.165) is 28.4 Å². The maximum Gasteiger partial charge on any atom is 0.179 e. The lowest BCUT2D eigenvalue weighted by atomic mass is 9.85. The van der Waals surface area contributed by atoms with Gasteiger partial charge in [0.25, 0.3) is 0 Å². The van der Waals surface area contributed by atoms with Crippen molar-refractivity contribution in [2.45, 2.75) is 32.7 Å². The lowest BCUT2D eigenvalue weighted by Gasteiger charge is -2.25. The molecular formula is C12H15N3S. The van der Waals surface area contributed by atoms with Crippen molar-refractivity contribution in [3.05, 3.63) is 22.6 Å². The number of nitrogens with zero attached hydrogens (tertiary/aromatic N) is 2. The van der Waals surface area contributed by atoms with Gasteiger partial charge in [0.2, 0.25) is 0 Å². The van der Waals surface area contributed by atoms with Crippen LogP contribution in [0.3, 0.4) is 0 Å². The SMILES string of the molecule is Cc1cnc2c(c1)[nH]c(=S)n2CC1CCC1. The van der Waals surface area contributed by atoms with Crippen LogP contribution in [0.2, 0.25) is 0 Å². The molecule has 0 unspecified atom stereocenters. The number of hydrogen-bond acceptors (Lipinski definition) is 2. The molecule has 3 rings (SSSR count). The number of aromatic nitrogens is 3. The van der Waals surface area contributed by atoms with E-state index >= 15 is 0 Å². The highest BCUT2D eigenvalue weighted by atomic mass is 32.1. The summed E-state index contributed by atoms with van der Waals surface area (Å²) in [5.41, 5.74) is 3.23. The number of hydrogen-bond donors (Lipinski definition) is 1. The van der Waals surface area contributed by atoms with Crippen LogP contribution < -0.4 is 0 Å². The highest BCUT2D eigenvalue weighted by Crippen LogP contribution is 2.29. The minimum Gasteiger partial charge on any atom is -0.329 e. The number of H-pyrrole nitrogens is 1. The van der Waals surface area contributed by atoms with Crippen LogP contribution in [0.1, 0.15) is 24.8 Å². The lowest BCUT2D eigenvalue weighted by molar-refractivity contribution is 0.278. The van der Waals surface area contributed by atoms with Crippen LogP contribution in [0, 0.1) is 17.6 Å². The van der Waals surface area contributed by atoms with Gasteiger partial charge in [-0.05, 0) is 49.5 Å². The molecule has 1 aliphatic carbocycles. The average Bonchev–Trinajstić information content (AvgIpc) is 2.47. The summed E-state index contributed by atoms with van der Waals surface area (Å²) < 4.78 is 2.95. The van der Waals surface area contributed by atoms with Gasteiger partial charge in [-0.25, -0.2) is 4.98 Å². The fraction of sp³-hybridized carbons (Fsp3) is 0.500. The molecule has 2 aromatic rings. The number of aromatic amines is 1. The van der Waals surface area contributed by atoms with Crippen LogP contribution in [0.25, 0.3) is 11.2 Å². The molecule has 0 spiro atoms. The normalized spacial score (nSPS) is 16.6. The maximum absolute atomic E-state index is 5.35. The Hall–Kier alpha value is -1.16. The van der Waals surface area contributed by atoms with Crippen molar-refractivity contribution in [3.63, 3.8) is 0 Å². The highest BCUT2D eigenvalue weighted by molar-refractivity contribution is 7.71. The molecule has 1 fully saturated rings. The van der Waals surface area contributed by atoms with Gasteiger partial charge >= 0.3 is 0 Å². The minimum absolute atomic E-state index is 0.800. The summed E-state index contributed by atoms with van der Waals surface area (Å²) >= 11 is 5.35. The molecule has 0 amide bonds. The third kappa shape index (κ3) is 1.57. The van der Waals surface area contributed by atoms with Crippen LogP contribution in [0.4, 0.5) is 0 Å². The summed E-state index contributed by atoms with van der Waals surface area (Å²) in [5.74, 6) is 0.800. The molecule has 0 bridgehead atoms. The predicted molar refractivity (Wildman–Crippen MR) is 67.0 cm³/mol. The van der Waals surface area contributed by atoms with Crippen LogP contribution in [0.15, 0.2) is 12.3 Å². The van der Waals surface area contributed by atoms with E-state index in [1.807, 2.05) is 13.1 Å². The fourth-order valence-electron chi connectivity index (χ4n) is 2.25. The van der Waals surface area contributed by atoms with E-state index in [1.54, 1.807) is 0 Å². The number of rotatable bonds is 2. The number of pyridine rings is 1. The Morgan fingerprint density at radius 1 is 1.56 bits per heavy atom. The summed E-state index contributed by atoms with van der Waals surface area (Å²) in [4.78, 5) is 7.71. The van der Waals surface area contributed by atoms with Crippen LogP contribution in [0.5, 0.6) is 0 Å². The van der Waals surface area contributed by atoms with E-state index in [0.29, 0.717) is 0 Å². The van der Waals surface area contributed by atoms with Gasteiger partial charge in [-0.3, -0.25) is 0 Å². The quantitative estimate of drug-likeness (QED) is 0.808. The minimum atomic E-state index is 0.800. The van der Waals surface area contributed by atoms with Gasteiger partial charge in [0.1, 0.15) is 0 Å². The molecule has 0 atom stereocenters. The molecular weight excluding hydrogens is 218 g/mol. The number of nitrogens with one attached hydrogen (secondary N) is 1. The highest BCUT2D eigenvalue weighted by Gasteiger charge is 2.19. The number of aryl methyl sites for hydroxylation is 1. The Labute approximate surface area is 99.5 Å². The third-order valence-corrected chi connectivity index (χ3v) is 3.73. The van der Waals surface area contributed by atoms with Gasteiger partial charge in [-0.2, -0.15) is 0 Å². The monoisotopic (exact) mass is 233 g/mol. The lowest BCUT2D eigenvalue weighted by Crippen LogP contribution is -2.18. The van der Waals surface area contributed by atoms with Crippen molar-refractivity contribution in [3.8, 4) is 0 Å². The zero-order chi connectivity index (χ0) is 11.1. The molecule has 2 heterocycles. The summed E-state index contributed by atoms with van der Waals surface area (Å²) in [6, 6.07) is 2.11. The third-order valence-electron chi connectivity index (χ3n) is 3.41. The van der Waals surface area contributed by atoms with Gasteiger partial charge in [0.15, 0.2) is 10.4 Å². The van der Waals surface area contributed by atoms with Crippen molar-refractivity contribution >= 4 is 23.4 Å². The van der Waals surface area contributed by atoms with Gasteiger partial charge in [-0.1, -0.05) is 6.42 Å². The summed E-state index contributed by atoms with van der Waals surface area (Å²) in [5, 5.41) is 0. The topological polar surface area (TPSA) is 33.6 Å². The molecule has 2 aromatic heterocycles. The summed E-state index contributed by atoms with van der Waals surface area (Å²) in [6.07, 6.45) is 5.94. The Balaban J connectivity index is 2.08. The fourth-order valence-corrected chi connectivity index (χ4v) is 2.52. The smallest absolute Gasteiger partial charge is 0.179 e. The largest absolute Gasteiger partial charge is 0.329 e. The second-order valence-electron chi connectivity index (χ2n) is 4.72. The maximum atomic E-state index is 5.35. The van der Waals surface area contributed by atoms with E-state index in [-0.39, 0.29) is 0 Å². The van der Waals surface area contributed by atoms with Crippen molar-refractivity contribution in [2.75, 3.05) is 0 Å². The predicted octanol–water partition coefficient (Wildman–Crippen LogP) is 3.20. The van der Waals surface area contributed by atoms with Crippen LogP contribution >= 0.6 is 12.2 Å². The van der Waals surface area contributed by atoms with Crippen molar-refractivity contribution in [1.29, 1.82) is 0 Å². The molecule has 0 aliphatic heterocycles. The first kappa shape index (κ1) is 10.0. The Morgan fingerprint density at radius 3 is 3.06 bits per heavy atom. The standard InChI is InChI=1S/C12H15N3S/c1-8-5-10-11(13-6-8)15(12(16)14-10)7-9-3-2-4-9/h5-6,9H,2-4,7H2,1H3,(H,14,16). The zero-order valence-electron chi connectivity index (χ0n) is 9.36. The van der Waals surface area contributed by atoms with E-state index in [4.69, 9.17) is 12.2 Å². The second kappa shape index (κ2) is 3.70. The molecule has 1 saturated carbocycles. The number of imidazole rings is 1. The molecule has 1 N–H and O–H groups in total. The number of fused-ring (bicyclic) bond motifs is 1. The summed E-state index contributed by atoms with van der Waals surface area (Å²) in [7, 11) is 0. The first-order valence-electron chi connectivity index (χ1n) is 5.79. The van der Waals surface area contributed by atoms with Crippen molar-refractivity contribution in [1.82, 2.24) is 14.5 Å². The molecule has 0 saturated heterocycles. The van der Waals surface area contributed by atoms with Crippen molar-refractivity contribution in [2.24, 2.45) is 5.92 Å². The Bertz CT molecular complexity index is 577. The molecule has 4 heteroatoms. The molecule has 1 aliphatic rings. The average molecular weight is 233 g/mol. The summed E-state index contributed by atoms with van der Waals surface area (Å²) in [6.45, 7) is 3.07. The first-order chi connectivity index (χ1) is 7.74. The zero-order valence-corrected chi connectivity index (χ0v) is 10.2. The van der Waals surface area contributed by atoms with Gasteiger partial charge in [-0.15, -0.1) is 0 Å². The van der Waals surface area contributed by atoms with E-state index < -0.39 is 0 Å². The van der Waals surface area contributed by atoms with Gasteiger partial charge in [0.05, 0.1) is 5.52 Å². The van der Waals surface area contributed by atoms with Crippen LogP contribution in [-0.4, -0.2) is 14.5 Å². The van der Waals surface area contributed by atoms with E-state index in [1.165, 1.54) is 24.8 Å². The molecule has 84 valence electrons. The molecule has 0 aromatic carbocycles. The van der Waals surface area contributed by atoms with E-state index in [9.17, 15) is 0 Å². The van der Waals surface area contributed by atoms with Gasteiger partial charge in [0, 0.05) is 12.7 Å². The van der Waals surface area contributed by atoms with Gasteiger partial charge < -0.3 is 9.55 Å². The molecule has 0 radical (unpaired) electrons.